The Labute approximate surface area is 171 Å². The number of pyridine rings is 1. The van der Waals surface area contributed by atoms with Gasteiger partial charge in [0.15, 0.2) is 0 Å². The quantitative estimate of drug-likeness (QED) is 0.681. The van der Waals surface area contributed by atoms with E-state index in [1.54, 1.807) is 25.3 Å². The number of amides is 1. The second-order valence-corrected chi connectivity index (χ2v) is 7.17. The predicted molar refractivity (Wildman–Crippen MR) is 102 cm³/mol. The number of Topliss-reactive ketones (excluding diaryl/α,β-unsaturated/α-hetero) is 1. The molecule has 2 rings (SSSR count). The molecule has 5 nitrogen and oxygen atoms in total. The summed E-state index contributed by atoms with van der Waals surface area (Å²) in [6.45, 7) is 5.36. The smallest absolute Gasteiger partial charge is 0.404 e. The number of aromatic nitrogens is 1. The summed E-state index contributed by atoms with van der Waals surface area (Å²) in [6, 6.07) is 6.29. The summed E-state index contributed by atoms with van der Waals surface area (Å²) in [5.41, 5.74) is 1.42. The summed E-state index contributed by atoms with van der Waals surface area (Å²) in [5, 5.41) is 2.40. The maximum atomic E-state index is 12.4. The molecule has 1 heterocycles. The van der Waals surface area contributed by atoms with Crippen LogP contribution in [-0.2, 0) is 11.2 Å². The molecule has 0 aliphatic heterocycles. The first-order valence-corrected chi connectivity index (χ1v) is 9.17. The molecule has 0 radical (unpaired) electrons. The number of hydrogen-bond acceptors (Lipinski definition) is 4. The molecule has 2 aromatic rings. The minimum atomic E-state index is -4.88. The van der Waals surface area contributed by atoms with Crippen LogP contribution in [0.25, 0.3) is 0 Å². The Morgan fingerprint density at radius 3 is 2.45 bits per heavy atom. The van der Waals surface area contributed by atoms with E-state index in [9.17, 15) is 22.8 Å². The third-order valence-electron chi connectivity index (χ3n) is 4.11. The molecule has 0 spiro atoms. The van der Waals surface area contributed by atoms with Crippen molar-refractivity contribution in [2.45, 2.75) is 39.6 Å². The van der Waals surface area contributed by atoms with Gasteiger partial charge in [-0.3, -0.25) is 14.6 Å². The van der Waals surface area contributed by atoms with E-state index >= 15 is 0 Å². The minimum absolute atomic E-state index is 0.0575. The summed E-state index contributed by atoms with van der Waals surface area (Å²) in [7, 11) is 0. The molecule has 1 amide bonds. The maximum Gasteiger partial charge on any atom is 0.573 e. The largest absolute Gasteiger partial charge is 0.573 e. The van der Waals surface area contributed by atoms with Crippen LogP contribution in [-0.4, -0.2) is 23.0 Å². The van der Waals surface area contributed by atoms with E-state index in [4.69, 9.17) is 11.6 Å². The van der Waals surface area contributed by atoms with Gasteiger partial charge in [-0.25, -0.2) is 0 Å². The standard InChI is InChI=1S/C20H20ClF3N2O3/c1-11(2)17(27)10-15-8-13(6-7-25-15)12(3)26-19(28)14-4-5-18(16(21)9-14)29-20(22,23)24/h4-9,11-12H,10H2,1-3H3,(H,26,28). The molecule has 0 saturated heterocycles. The van der Waals surface area contributed by atoms with Crippen LogP contribution in [0.15, 0.2) is 36.5 Å². The van der Waals surface area contributed by atoms with Crippen molar-refractivity contribution in [1.29, 1.82) is 0 Å². The van der Waals surface area contributed by atoms with Gasteiger partial charge >= 0.3 is 6.36 Å². The normalized spacial score (nSPS) is 12.6. The fourth-order valence-electron chi connectivity index (χ4n) is 2.46. The maximum absolute atomic E-state index is 12.4. The van der Waals surface area contributed by atoms with Crippen LogP contribution in [0.1, 0.15) is 48.4 Å². The third-order valence-corrected chi connectivity index (χ3v) is 4.40. The molecule has 29 heavy (non-hydrogen) atoms. The number of nitrogens with zero attached hydrogens (tertiary/aromatic N) is 1. The van der Waals surface area contributed by atoms with Crippen molar-refractivity contribution >= 4 is 23.3 Å². The lowest BCUT2D eigenvalue weighted by molar-refractivity contribution is -0.274. The number of rotatable bonds is 7. The van der Waals surface area contributed by atoms with Gasteiger partial charge in [-0.15, -0.1) is 13.2 Å². The Bertz CT molecular complexity index is 901. The molecule has 1 unspecified atom stereocenters. The number of carbonyl (C=O) groups is 2. The van der Waals surface area contributed by atoms with Crippen LogP contribution in [0, 0.1) is 5.92 Å². The van der Waals surface area contributed by atoms with Crippen LogP contribution < -0.4 is 10.1 Å². The predicted octanol–water partition coefficient (Wildman–Crippen LogP) is 4.89. The Morgan fingerprint density at radius 1 is 1.17 bits per heavy atom. The SMILES string of the molecule is CC(C)C(=O)Cc1cc(C(C)NC(=O)c2ccc(OC(F)(F)F)c(Cl)c2)ccn1. The Kier molecular flexibility index (Phi) is 7.24. The van der Waals surface area contributed by atoms with Gasteiger partial charge in [0.05, 0.1) is 11.1 Å². The first-order chi connectivity index (χ1) is 13.5. The third kappa shape index (κ3) is 6.74. The zero-order valence-corrected chi connectivity index (χ0v) is 16.8. The number of ketones is 1. The molecule has 1 atom stereocenters. The summed E-state index contributed by atoms with van der Waals surface area (Å²) >= 11 is 5.78. The van der Waals surface area contributed by atoms with Gasteiger partial charge < -0.3 is 10.1 Å². The Balaban J connectivity index is 2.09. The molecule has 0 aliphatic rings. The molecule has 0 saturated carbocycles. The topological polar surface area (TPSA) is 68.3 Å². The lowest BCUT2D eigenvalue weighted by Crippen LogP contribution is -2.27. The van der Waals surface area contributed by atoms with Crippen LogP contribution in [0.2, 0.25) is 5.02 Å². The van der Waals surface area contributed by atoms with E-state index in [0.29, 0.717) is 5.69 Å². The highest BCUT2D eigenvalue weighted by molar-refractivity contribution is 6.32. The van der Waals surface area contributed by atoms with Gasteiger partial charge in [-0.05, 0) is 42.8 Å². The van der Waals surface area contributed by atoms with E-state index < -0.39 is 24.1 Å². The summed E-state index contributed by atoms with van der Waals surface area (Å²) < 4.78 is 40.7. The van der Waals surface area contributed by atoms with Crippen molar-refractivity contribution in [3.8, 4) is 5.75 Å². The van der Waals surface area contributed by atoms with Gasteiger partial charge in [0.25, 0.3) is 5.91 Å². The first kappa shape index (κ1) is 22.7. The van der Waals surface area contributed by atoms with Crippen molar-refractivity contribution in [2.75, 3.05) is 0 Å². The highest BCUT2D eigenvalue weighted by atomic mass is 35.5. The zero-order valence-electron chi connectivity index (χ0n) is 16.0. The Hall–Kier alpha value is -2.61. The molecule has 0 fully saturated rings. The fourth-order valence-corrected chi connectivity index (χ4v) is 2.68. The zero-order chi connectivity index (χ0) is 21.8. The van der Waals surface area contributed by atoms with Gasteiger partial charge in [-0.2, -0.15) is 0 Å². The Morgan fingerprint density at radius 2 is 1.86 bits per heavy atom. The van der Waals surface area contributed by atoms with Crippen molar-refractivity contribution < 1.29 is 27.5 Å². The number of alkyl halides is 3. The van der Waals surface area contributed by atoms with E-state index in [1.807, 2.05) is 13.8 Å². The van der Waals surface area contributed by atoms with E-state index in [2.05, 4.69) is 15.0 Å². The number of carbonyl (C=O) groups excluding carboxylic acids is 2. The number of hydrogen-bond donors (Lipinski definition) is 1. The number of ether oxygens (including phenoxy) is 1. The fraction of sp³-hybridized carbons (Fsp3) is 0.350. The molecule has 156 valence electrons. The van der Waals surface area contributed by atoms with Crippen LogP contribution in [0.4, 0.5) is 13.2 Å². The highest BCUT2D eigenvalue weighted by Gasteiger charge is 2.32. The van der Waals surface area contributed by atoms with Crippen LogP contribution >= 0.6 is 11.6 Å². The summed E-state index contributed by atoms with van der Waals surface area (Å²) in [6.07, 6.45) is -3.12. The summed E-state index contributed by atoms with van der Waals surface area (Å²) in [5.74, 6) is -1.15. The van der Waals surface area contributed by atoms with Crippen molar-refractivity contribution in [3.63, 3.8) is 0 Å². The van der Waals surface area contributed by atoms with E-state index in [-0.39, 0.29) is 28.7 Å². The molecule has 1 aromatic carbocycles. The number of nitrogens with one attached hydrogen (secondary N) is 1. The molecular formula is C20H20ClF3N2O3. The average molecular weight is 429 g/mol. The lowest BCUT2D eigenvalue weighted by Gasteiger charge is -2.16. The number of halogens is 4. The molecule has 0 bridgehead atoms. The molecule has 1 N–H and O–H groups in total. The second-order valence-electron chi connectivity index (χ2n) is 6.77. The lowest BCUT2D eigenvalue weighted by atomic mass is 10.0. The van der Waals surface area contributed by atoms with Gasteiger partial charge in [0.2, 0.25) is 0 Å². The average Bonchev–Trinajstić information content (AvgIpc) is 2.62. The molecular weight excluding hydrogens is 409 g/mol. The van der Waals surface area contributed by atoms with E-state index in [0.717, 1.165) is 17.7 Å². The number of benzene rings is 1. The molecule has 0 aliphatic carbocycles. The van der Waals surface area contributed by atoms with Gasteiger partial charge in [0.1, 0.15) is 11.5 Å². The van der Waals surface area contributed by atoms with Crippen LogP contribution in [0.5, 0.6) is 5.75 Å². The summed E-state index contributed by atoms with van der Waals surface area (Å²) in [4.78, 5) is 28.5. The molecule has 9 heteroatoms. The monoisotopic (exact) mass is 428 g/mol. The van der Waals surface area contributed by atoms with Crippen molar-refractivity contribution in [3.05, 3.63) is 58.4 Å². The van der Waals surface area contributed by atoms with Crippen LogP contribution in [0.3, 0.4) is 0 Å². The van der Waals surface area contributed by atoms with Gasteiger partial charge in [0, 0.05) is 29.8 Å². The van der Waals surface area contributed by atoms with Crippen molar-refractivity contribution in [1.82, 2.24) is 10.3 Å². The minimum Gasteiger partial charge on any atom is -0.404 e. The van der Waals surface area contributed by atoms with Gasteiger partial charge in [-0.1, -0.05) is 25.4 Å². The van der Waals surface area contributed by atoms with Crippen molar-refractivity contribution in [2.24, 2.45) is 5.92 Å². The first-order valence-electron chi connectivity index (χ1n) is 8.80. The molecule has 1 aromatic heterocycles. The second kappa shape index (κ2) is 9.26. The highest BCUT2D eigenvalue weighted by Crippen LogP contribution is 2.30. The van der Waals surface area contributed by atoms with E-state index in [1.165, 1.54) is 6.07 Å².